The van der Waals surface area contributed by atoms with Crippen molar-refractivity contribution in [2.75, 3.05) is 0 Å². The van der Waals surface area contributed by atoms with E-state index in [4.69, 9.17) is 0 Å². The van der Waals surface area contributed by atoms with Crippen LogP contribution in [0.15, 0.2) is 36.9 Å². The van der Waals surface area contributed by atoms with Crippen LogP contribution < -0.4 is 5.32 Å². The summed E-state index contributed by atoms with van der Waals surface area (Å²) >= 11 is 0. The first kappa shape index (κ1) is 10.6. The molecule has 2 aromatic rings. The van der Waals surface area contributed by atoms with Gasteiger partial charge in [0.1, 0.15) is 0 Å². The molecule has 0 bridgehead atoms. The molecular formula is C11H13N5. The van der Waals surface area contributed by atoms with Gasteiger partial charge in [0, 0.05) is 37.4 Å². The van der Waals surface area contributed by atoms with E-state index in [0.717, 1.165) is 11.4 Å². The number of hydrogen-bond acceptors (Lipinski definition) is 5. The first-order valence-electron chi connectivity index (χ1n) is 5.12. The lowest BCUT2D eigenvalue weighted by Crippen LogP contribution is -2.19. The van der Waals surface area contributed by atoms with Crippen molar-refractivity contribution >= 4 is 0 Å². The lowest BCUT2D eigenvalue weighted by Gasteiger charge is -2.11. The van der Waals surface area contributed by atoms with E-state index in [1.54, 1.807) is 24.8 Å². The highest BCUT2D eigenvalue weighted by Crippen LogP contribution is 2.07. The van der Waals surface area contributed by atoms with Crippen LogP contribution in [0.5, 0.6) is 0 Å². The van der Waals surface area contributed by atoms with Crippen LogP contribution in [0.4, 0.5) is 0 Å². The maximum atomic E-state index is 4.23. The molecule has 82 valence electrons. The molecular weight excluding hydrogens is 202 g/mol. The predicted octanol–water partition coefficient (Wildman–Crippen LogP) is 1.12. The average molecular weight is 215 g/mol. The molecule has 2 heterocycles. The fourth-order valence-corrected chi connectivity index (χ4v) is 1.32. The van der Waals surface area contributed by atoms with E-state index in [1.807, 2.05) is 19.1 Å². The van der Waals surface area contributed by atoms with Gasteiger partial charge in [0.25, 0.3) is 0 Å². The summed E-state index contributed by atoms with van der Waals surface area (Å²) in [6, 6.07) is 3.95. The highest BCUT2D eigenvalue weighted by atomic mass is 15.1. The van der Waals surface area contributed by atoms with Gasteiger partial charge in [-0.3, -0.25) is 9.97 Å². The molecule has 16 heavy (non-hydrogen) atoms. The van der Waals surface area contributed by atoms with E-state index < -0.39 is 0 Å². The largest absolute Gasteiger partial charge is 0.303 e. The summed E-state index contributed by atoms with van der Waals surface area (Å²) in [5.41, 5.74) is 1.84. The van der Waals surface area contributed by atoms with E-state index in [-0.39, 0.29) is 6.04 Å². The van der Waals surface area contributed by atoms with Crippen LogP contribution in [-0.2, 0) is 6.54 Å². The van der Waals surface area contributed by atoms with Gasteiger partial charge < -0.3 is 5.32 Å². The molecule has 1 atom stereocenters. The van der Waals surface area contributed by atoms with Crippen LogP contribution in [0.2, 0.25) is 0 Å². The molecule has 0 fully saturated rings. The Kier molecular flexibility index (Phi) is 3.50. The molecule has 2 rings (SSSR count). The quantitative estimate of drug-likeness (QED) is 0.828. The second-order valence-electron chi connectivity index (χ2n) is 3.45. The zero-order valence-corrected chi connectivity index (χ0v) is 9.04. The van der Waals surface area contributed by atoms with E-state index in [1.165, 1.54) is 0 Å². The Morgan fingerprint density at radius 2 is 2.25 bits per heavy atom. The van der Waals surface area contributed by atoms with Gasteiger partial charge in [-0.2, -0.15) is 10.2 Å². The number of rotatable bonds is 4. The predicted molar refractivity (Wildman–Crippen MR) is 59.3 cm³/mol. The molecule has 5 nitrogen and oxygen atoms in total. The molecule has 0 saturated heterocycles. The number of hydrogen-bond donors (Lipinski definition) is 1. The van der Waals surface area contributed by atoms with E-state index in [9.17, 15) is 0 Å². The minimum absolute atomic E-state index is 0.149. The Bertz CT molecular complexity index is 417. The van der Waals surface area contributed by atoms with Crippen LogP contribution >= 0.6 is 0 Å². The molecule has 0 spiro atoms. The molecule has 0 aliphatic carbocycles. The highest BCUT2D eigenvalue weighted by molar-refractivity contribution is 5.03. The number of nitrogens with zero attached hydrogens (tertiary/aromatic N) is 4. The van der Waals surface area contributed by atoms with Crippen molar-refractivity contribution in [2.45, 2.75) is 19.5 Å². The summed E-state index contributed by atoms with van der Waals surface area (Å²) in [5, 5.41) is 11.1. The van der Waals surface area contributed by atoms with Crippen molar-refractivity contribution in [3.05, 3.63) is 48.3 Å². The van der Waals surface area contributed by atoms with Crippen molar-refractivity contribution in [1.82, 2.24) is 25.5 Å². The van der Waals surface area contributed by atoms with E-state index in [2.05, 4.69) is 25.5 Å². The van der Waals surface area contributed by atoms with Crippen molar-refractivity contribution in [1.29, 1.82) is 0 Å². The zero-order valence-electron chi connectivity index (χ0n) is 9.04. The maximum Gasteiger partial charge on any atom is 0.0769 e. The SMILES string of the molecule is CC(NCc1cccnn1)c1cnccn1. The van der Waals surface area contributed by atoms with Gasteiger partial charge >= 0.3 is 0 Å². The first-order chi connectivity index (χ1) is 7.86. The smallest absolute Gasteiger partial charge is 0.0769 e. The van der Waals surface area contributed by atoms with Crippen LogP contribution in [0, 0.1) is 0 Å². The first-order valence-corrected chi connectivity index (χ1v) is 5.12. The van der Waals surface area contributed by atoms with Crippen LogP contribution in [0.25, 0.3) is 0 Å². The average Bonchev–Trinajstić information content (AvgIpc) is 2.38. The van der Waals surface area contributed by atoms with Crippen molar-refractivity contribution in [3.8, 4) is 0 Å². The minimum atomic E-state index is 0.149. The van der Waals surface area contributed by atoms with Gasteiger partial charge in [0.05, 0.1) is 11.4 Å². The summed E-state index contributed by atoms with van der Waals surface area (Å²) in [6.45, 7) is 2.71. The van der Waals surface area contributed by atoms with Gasteiger partial charge in [0.2, 0.25) is 0 Å². The summed E-state index contributed by atoms with van der Waals surface area (Å²) in [7, 11) is 0. The Balaban J connectivity index is 1.92. The summed E-state index contributed by atoms with van der Waals surface area (Å²) in [6.07, 6.45) is 6.78. The molecule has 0 aromatic carbocycles. The van der Waals surface area contributed by atoms with Gasteiger partial charge in [0.15, 0.2) is 0 Å². The second kappa shape index (κ2) is 5.27. The molecule has 0 radical (unpaired) electrons. The van der Waals surface area contributed by atoms with Crippen molar-refractivity contribution in [3.63, 3.8) is 0 Å². The highest BCUT2D eigenvalue weighted by Gasteiger charge is 2.05. The summed E-state index contributed by atoms with van der Waals surface area (Å²) in [4.78, 5) is 8.26. The third kappa shape index (κ3) is 2.80. The summed E-state index contributed by atoms with van der Waals surface area (Å²) in [5.74, 6) is 0. The van der Waals surface area contributed by atoms with E-state index in [0.29, 0.717) is 6.54 Å². The van der Waals surface area contributed by atoms with Crippen LogP contribution in [-0.4, -0.2) is 20.2 Å². The molecule has 5 heteroatoms. The zero-order chi connectivity index (χ0) is 11.2. The van der Waals surface area contributed by atoms with Crippen molar-refractivity contribution in [2.24, 2.45) is 0 Å². The fourth-order valence-electron chi connectivity index (χ4n) is 1.32. The third-order valence-electron chi connectivity index (χ3n) is 2.24. The normalized spacial score (nSPS) is 12.3. The number of nitrogens with one attached hydrogen (secondary N) is 1. The molecule has 1 N–H and O–H groups in total. The molecule has 1 unspecified atom stereocenters. The van der Waals surface area contributed by atoms with Gasteiger partial charge in [-0.15, -0.1) is 0 Å². The topological polar surface area (TPSA) is 63.6 Å². The lowest BCUT2D eigenvalue weighted by atomic mass is 10.2. The minimum Gasteiger partial charge on any atom is -0.303 e. The molecule has 0 aliphatic rings. The second-order valence-corrected chi connectivity index (χ2v) is 3.45. The standard InChI is InChI=1S/C11H13N5/c1-9(11-8-12-5-6-13-11)14-7-10-3-2-4-15-16-10/h2-6,8-9,14H,7H2,1H3. The summed E-state index contributed by atoms with van der Waals surface area (Å²) < 4.78 is 0. The molecule has 0 aliphatic heterocycles. The fraction of sp³-hybridized carbons (Fsp3) is 0.273. The van der Waals surface area contributed by atoms with Gasteiger partial charge in [-0.05, 0) is 19.1 Å². The third-order valence-corrected chi connectivity index (χ3v) is 2.24. The molecule has 0 saturated carbocycles. The van der Waals surface area contributed by atoms with Gasteiger partial charge in [-0.25, -0.2) is 0 Å². The Labute approximate surface area is 94.0 Å². The van der Waals surface area contributed by atoms with Gasteiger partial charge in [-0.1, -0.05) is 0 Å². The maximum absolute atomic E-state index is 4.23. The van der Waals surface area contributed by atoms with Crippen molar-refractivity contribution < 1.29 is 0 Å². The Morgan fingerprint density at radius 3 is 2.94 bits per heavy atom. The van der Waals surface area contributed by atoms with Crippen LogP contribution in [0.1, 0.15) is 24.4 Å². The molecule has 0 amide bonds. The Hall–Kier alpha value is -1.88. The molecule has 2 aromatic heterocycles. The van der Waals surface area contributed by atoms with E-state index >= 15 is 0 Å². The monoisotopic (exact) mass is 215 g/mol. The lowest BCUT2D eigenvalue weighted by molar-refractivity contribution is 0.550. The Morgan fingerprint density at radius 1 is 1.31 bits per heavy atom. The number of aromatic nitrogens is 4. The van der Waals surface area contributed by atoms with Crippen LogP contribution in [0.3, 0.4) is 0 Å².